The lowest BCUT2D eigenvalue weighted by Gasteiger charge is -2.16. The molecular formula is C21H24N4O3. The Morgan fingerprint density at radius 2 is 1.82 bits per heavy atom. The first-order chi connectivity index (χ1) is 13.5. The van der Waals surface area contributed by atoms with Crippen LogP contribution in [0.15, 0.2) is 46.0 Å². The molecule has 0 saturated carbocycles. The molecule has 0 radical (unpaired) electrons. The minimum Gasteiger partial charge on any atom is -0.497 e. The number of aromatic nitrogens is 3. The summed E-state index contributed by atoms with van der Waals surface area (Å²) in [5, 5.41) is 0.474. The number of pyridine rings is 1. The molecule has 3 aromatic rings. The predicted octanol–water partition coefficient (Wildman–Crippen LogP) is 1.63. The lowest BCUT2D eigenvalue weighted by molar-refractivity contribution is 0.326. The summed E-state index contributed by atoms with van der Waals surface area (Å²) in [6.07, 6.45) is 1.01. The molecule has 146 valence electrons. The second kappa shape index (κ2) is 7.24. The predicted molar refractivity (Wildman–Crippen MR) is 108 cm³/mol. The monoisotopic (exact) mass is 380 g/mol. The second-order valence-electron chi connectivity index (χ2n) is 7.38. The molecule has 0 aliphatic carbocycles. The molecule has 4 rings (SSSR count). The highest BCUT2D eigenvalue weighted by Crippen LogP contribution is 2.28. The molecule has 1 aliphatic rings. The average Bonchev–Trinajstić information content (AvgIpc) is 3.19. The van der Waals surface area contributed by atoms with E-state index in [1.165, 1.54) is 17.2 Å². The van der Waals surface area contributed by atoms with Gasteiger partial charge < -0.3 is 4.74 Å². The first kappa shape index (κ1) is 18.4. The summed E-state index contributed by atoms with van der Waals surface area (Å²) in [5.41, 5.74) is 1.99. The SMILES string of the molecule is COc1ccc(CN2CC[C@H](c3ccc4c(=O)n(C)c(=O)n(C)c4n3)C2)cc1. The molecule has 2 aromatic heterocycles. The summed E-state index contributed by atoms with van der Waals surface area (Å²) in [6.45, 7) is 2.78. The summed E-state index contributed by atoms with van der Waals surface area (Å²) in [6, 6.07) is 11.9. The van der Waals surface area contributed by atoms with Gasteiger partial charge in [0.2, 0.25) is 0 Å². The van der Waals surface area contributed by atoms with Crippen LogP contribution in [0.4, 0.5) is 0 Å². The van der Waals surface area contributed by atoms with Crippen molar-refractivity contribution >= 4 is 11.0 Å². The third kappa shape index (κ3) is 3.22. The minimum absolute atomic E-state index is 0.293. The zero-order chi connectivity index (χ0) is 19.8. The van der Waals surface area contributed by atoms with Crippen molar-refractivity contribution in [1.29, 1.82) is 0 Å². The summed E-state index contributed by atoms with van der Waals surface area (Å²) < 4.78 is 7.78. The van der Waals surface area contributed by atoms with Crippen molar-refractivity contribution < 1.29 is 4.74 Å². The van der Waals surface area contributed by atoms with Crippen molar-refractivity contribution in [3.63, 3.8) is 0 Å². The van der Waals surface area contributed by atoms with Gasteiger partial charge >= 0.3 is 5.69 Å². The van der Waals surface area contributed by atoms with Crippen molar-refractivity contribution in [2.24, 2.45) is 14.1 Å². The number of hydrogen-bond donors (Lipinski definition) is 0. The molecule has 0 spiro atoms. The van der Waals surface area contributed by atoms with E-state index >= 15 is 0 Å². The normalized spacial score (nSPS) is 17.3. The molecule has 7 nitrogen and oxygen atoms in total. The van der Waals surface area contributed by atoms with Gasteiger partial charge in [0.05, 0.1) is 12.5 Å². The van der Waals surface area contributed by atoms with Gasteiger partial charge in [-0.1, -0.05) is 12.1 Å². The molecule has 1 aliphatic heterocycles. The van der Waals surface area contributed by atoms with E-state index < -0.39 is 0 Å². The molecule has 1 aromatic carbocycles. The molecule has 1 fully saturated rings. The number of benzene rings is 1. The van der Waals surface area contributed by atoms with Gasteiger partial charge in [-0.2, -0.15) is 0 Å². The number of likely N-dealkylation sites (tertiary alicyclic amines) is 1. The average molecular weight is 380 g/mol. The maximum atomic E-state index is 12.3. The lowest BCUT2D eigenvalue weighted by Crippen LogP contribution is -2.37. The number of ether oxygens (including phenoxy) is 1. The largest absolute Gasteiger partial charge is 0.497 e. The zero-order valence-corrected chi connectivity index (χ0v) is 16.4. The van der Waals surface area contributed by atoms with Crippen molar-refractivity contribution in [1.82, 2.24) is 19.0 Å². The van der Waals surface area contributed by atoms with Crippen LogP contribution in [0.2, 0.25) is 0 Å². The molecule has 28 heavy (non-hydrogen) atoms. The van der Waals surface area contributed by atoms with Gasteiger partial charge in [-0.3, -0.25) is 18.8 Å². The standard InChI is InChI=1S/C21H24N4O3/c1-23-19-17(20(26)24(2)21(23)27)8-9-18(22-19)15-10-11-25(13-15)12-14-4-6-16(28-3)7-5-14/h4-9,15H,10-13H2,1-3H3/t15-/m0/s1. The van der Waals surface area contributed by atoms with E-state index in [4.69, 9.17) is 9.72 Å². The number of methoxy groups -OCH3 is 1. The Morgan fingerprint density at radius 1 is 1.07 bits per heavy atom. The first-order valence-corrected chi connectivity index (χ1v) is 9.40. The maximum Gasteiger partial charge on any atom is 0.332 e. The number of nitrogens with zero attached hydrogens (tertiary/aromatic N) is 4. The fraction of sp³-hybridized carbons (Fsp3) is 0.381. The van der Waals surface area contributed by atoms with E-state index in [1.54, 1.807) is 20.2 Å². The van der Waals surface area contributed by atoms with Crippen LogP contribution in [-0.4, -0.2) is 39.2 Å². The van der Waals surface area contributed by atoms with Gasteiger partial charge in [-0.05, 0) is 42.8 Å². The van der Waals surface area contributed by atoms with Crippen LogP contribution in [0.1, 0.15) is 23.6 Å². The van der Waals surface area contributed by atoms with Crippen LogP contribution in [-0.2, 0) is 20.6 Å². The van der Waals surface area contributed by atoms with Gasteiger partial charge in [-0.25, -0.2) is 9.78 Å². The van der Waals surface area contributed by atoms with Gasteiger partial charge in [0.1, 0.15) is 11.4 Å². The highest BCUT2D eigenvalue weighted by atomic mass is 16.5. The van der Waals surface area contributed by atoms with Crippen LogP contribution in [0, 0.1) is 0 Å². The van der Waals surface area contributed by atoms with Gasteiger partial charge in [0.15, 0.2) is 0 Å². The van der Waals surface area contributed by atoms with Gasteiger partial charge in [-0.15, -0.1) is 0 Å². The molecule has 3 heterocycles. The highest BCUT2D eigenvalue weighted by molar-refractivity contribution is 5.74. The van der Waals surface area contributed by atoms with Crippen LogP contribution in [0.5, 0.6) is 5.75 Å². The molecular weight excluding hydrogens is 356 g/mol. The van der Waals surface area contributed by atoms with Crippen LogP contribution >= 0.6 is 0 Å². The van der Waals surface area contributed by atoms with Crippen molar-refractivity contribution in [2.45, 2.75) is 18.9 Å². The molecule has 0 amide bonds. The molecule has 0 N–H and O–H groups in total. The quantitative estimate of drug-likeness (QED) is 0.688. The smallest absolute Gasteiger partial charge is 0.332 e. The fourth-order valence-electron chi connectivity index (χ4n) is 3.90. The topological polar surface area (TPSA) is 69.4 Å². The number of fused-ring (bicyclic) bond motifs is 1. The van der Waals surface area contributed by atoms with Crippen LogP contribution < -0.4 is 16.0 Å². The molecule has 7 heteroatoms. The Labute approximate surface area is 162 Å². The Bertz CT molecular complexity index is 1130. The van der Waals surface area contributed by atoms with E-state index in [-0.39, 0.29) is 11.2 Å². The van der Waals surface area contributed by atoms with Gasteiger partial charge in [0.25, 0.3) is 5.56 Å². The molecule has 1 atom stereocenters. The maximum absolute atomic E-state index is 12.3. The van der Waals surface area contributed by atoms with Crippen molar-refractivity contribution in [3.05, 3.63) is 68.5 Å². The second-order valence-corrected chi connectivity index (χ2v) is 7.38. The molecule has 1 saturated heterocycles. The van der Waals surface area contributed by atoms with E-state index in [2.05, 4.69) is 17.0 Å². The molecule has 0 bridgehead atoms. The van der Waals surface area contributed by atoms with E-state index in [0.717, 1.165) is 42.1 Å². The lowest BCUT2D eigenvalue weighted by atomic mass is 10.0. The van der Waals surface area contributed by atoms with Crippen molar-refractivity contribution in [2.75, 3.05) is 20.2 Å². The number of rotatable bonds is 4. The Morgan fingerprint density at radius 3 is 2.54 bits per heavy atom. The Hall–Kier alpha value is -2.93. The summed E-state index contributed by atoms with van der Waals surface area (Å²) in [4.78, 5) is 31.6. The van der Waals surface area contributed by atoms with E-state index in [9.17, 15) is 9.59 Å². The molecule has 0 unspecified atom stereocenters. The Kier molecular flexibility index (Phi) is 4.77. The summed E-state index contributed by atoms with van der Waals surface area (Å²) in [7, 11) is 4.82. The van der Waals surface area contributed by atoms with Crippen LogP contribution in [0.25, 0.3) is 11.0 Å². The third-order valence-electron chi connectivity index (χ3n) is 5.58. The summed E-state index contributed by atoms with van der Waals surface area (Å²) in [5.74, 6) is 1.15. The van der Waals surface area contributed by atoms with Crippen molar-refractivity contribution in [3.8, 4) is 5.75 Å². The third-order valence-corrected chi connectivity index (χ3v) is 5.58. The summed E-state index contributed by atoms with van der Waals surface area (Å²) >= 11 is 0. The van der Waals surface area contributed by atoms with E-state index in [1.807, 2.05) is 18.2 Å². The van der Waals surface area contributed by atoms with E-state index in [0.29, 0.717) is 17.0 Å². The fourth-order valence-corrected chi connectivity index (χ4v) is 3.90. The highest BCUT2D eigenvalue weighted by Gasteiger charge is 2.25. The number of hydrogen-bond acceptors (Lipinski definition) is 5. The number of aryl methyl sites for hydroxylation is 1. The zero-order valence-electron chi connectivity index (χ0n) is 16.4. The Balaban J connectivity index is 1.56. The van der Waals surface area contributed by atoms with Crippen LogP contribution in [0.3, 0.4) is 0 Å². The van der Waals surface area contributed by atoms with Gasteiger partial charge in [0, 0.05) is 38.8 Å². The first-order valence-electron chi connectivity index (χ1n) is 9.40. The minimum atomic E-state index is -0.352.